The summed E-state index contributed by atoms with van der Waals surface area (Å²) in [6.45, 7) is 4.24. The molecule has 110 valence electrons. The predicted molar refractivity (Wildman–Crippen MR) is 78.9 cm³/mol. The van der Waals surface area contributed by atoms with Crippen molar-refractivity contribution >= 4 is 5.84 Å². The maximum absolute atomic E-state index is 9.98. The number of nitrogens with zero attached hydrogens (tertiary/aromatic N) is 2. The fourth-order valence-electron chi connectivity index (χ4n) is 2.60. The normalized spacial score (nSPS) is 21.6. The molecular formula is C15H23N3O2. The lowest BCUT2D eigenvalue weighted by Gasteiger charge is -2.37. The number of oxime groups is 1. The van der Waals surface area contributed by atoms with E-state index in [4.69, 9.17) is 10.9 Å². The molecule has 1 aromatic carbocycles. The highest BCUT2D eigenvalue weighted by Gasteiger charge is 2.29. The summed E-state index contributed by atoms with van der Waals surface area (Å²) in [5.74, 6) is 0.109. The van der Waals surface area contributed by atoms with E-state index < -0.39 is 5.60 Å². The van der Waals surface area contributed by atoms with E-state index in [-0.39, 0.29) is 11.8 Å². The van der Waals surface area contributed by atoms with E-state index in [1.54, 1.807) is 0 Å². The Morgan fingerprint density at radius 1 is 1.35 bits per heavy atom. The minimum atomic E-state index is -0.560. The Labute approximate surface area is 119 Å². The van der Waals surface area contributed by atoms with E-state index in [2.05, 4.69) is 10.1 Å². The number of amidine groups is 1. The molecule has 1 heterocycles. The molecule has 4 N–H and O–H groups in total. The minimum absolute atomic E-state index is 0.121. The van der Waals surface area contributed by atoms with Crippen LogP contribution in [-0.2, 0) is 0 Å². The van der Waals surface area contributed by atoms with Crippen LogP contribution in [0, 0.1) is 0 Å². The van der Waals surface area contributed by atoms with E-state index in [0.29, 0.717) is 6.54 Å². The van der Waals surface area contributed by atoms with Gasteiger partial charge in [-0.05, 0) is 25.3 Å². The van der Waals surface area contributed by atoms with Gasteiger partial charge in [0.05, 0.1) is 11.5 Å². The highest BCUT2D eigenvalue weighted by molar-refractivity contribution is 5.87. The SMILES string of the molecule is CC1(O)CCN(CC(/C(N)=N/O)c2ccccc2)CC1. The van der Waals surface area contributed by atoms with Gasteiger partial charge in [-0.15, -0.1) is 0 Å². The largest absolute Gasteiger partial charge is 0.409 e. The Balaban J connectivity index is 2.06. The van der Waals surface area contributed by atoms with E-state index >= 15 is 0 Å². The molecule has 1 aromatic rings. The molecular weight excluding hydrogens is 254 g/mol. The lowest BCUT2D eigenvalue weighted by molar-refractivity contribution is -0.00549. The van der Waals surface area contributed by atoms with E-state index in [1.807, 2.05) is 37.3 Å². The van der Waals surface area contributed by atoms with Crippen molar-refractivity contribution < 1.29 is 10.3 Å². The van der Waals surface area contributed by atoms with Gasteiger partial charge < -0.3 is 20.9 Å². The molecule has 5 nitrogen and oxygen atoms in total. The minimum Gasteiger partial charge on any atom is -0.409 e. The Kier molecular flexibility index (Phi) is 4.62. The van der Waals surface area contributed by atoms with Crippen LogP contribution < -0.4 is 5.73 Å². The summed E-state index contributed by atoms with van der Waals surface area (Å²) in [6.07, 6.45) is 1.51. The molecule has 0 saturated carbocycles. The molecule has 0 amide bonds. The molecule has 0 aromatic heterocycles. The van der Waals surface area contributed by atoms with Gasteiger partial charge in [0.25, 0.3) is 0 Å². The molecule has 0 aliphatic carbocycles. The Morgan fingerprint density at radius 3 is 2.50 bits per heavy atom. The van der Waals surface area contributed by atoms with Gasteiger partial charge in [-0.25, -0.2) is 0 Å². The summed E-state index contributed by atoms with van der Waals surface area (Å²) in [6, 6.07) is 9.83. The maximum Gasteiger partial charge on any atom is 0.147 e. The van der Waals surface area contributed by atoms with Crippen molar-refractivity contribution in [2.45, 2.75) is 31.3 Å². The third kappa shape index (κ3) is 3.71. The zero-order valence-electron chi connectivity index (χ0n) is 11.9. The number of likely N-dealkylation sites (tertiary alicyclic amines) is 1. The monoisotopic (exact) mass is 277 g/mol. The summed E-state index contributed by atoms with van der Waals surface area (Å²) in [7, 11) is 0. The second-order valence-electron chi connectivity index (χ2n) is 5.79. The van der Waals surface area contributed by atoms with Crippen LogP contribution in [0.1, 0.15) is 31.2 Å². The lowest BCUT2D eigenvalue weighted by Crippen LogP contribution is -2.45. The molecule has 5 heteroatoms. The first-order valence-electron chi connectivity index (χ1n) is 6.99. The Hall–Kier alpha value is -1.59. The first-order chi connectivity index (χ1) is 9.52. The number of hydrogen-bond donors (Lipinski definition) is 3. The van der Waals surface area contributed by atoms with E-state index in [1.165, 1.54) is 0 Å². The van der Waals surface area contributed by atoms with Gasteiger partial charge in [-0.1, -0.05) is 35.5 Å². The average molecular weight is 277 g/mol. The van der Waals surface area contributed by atoms with Crippen molar-refractivity contribution in [3.63, 3.8) is 0 Å². The van der Waals surface area contributed by atoms with Gasteiger partial charge >= 0.3 is 0 Å². The van der Waals surface area contributed by atoms with Crippen molar-refractivity contribution in [3.8, 4) is 0 Å². The molecule has 1 saturated heterocycles. The summed E-state index contributed by atoms with van der Waals surface area (Å²) in [5, 5.41) is 22.1. The summed E-state index contributed by atoms with van der Waals surface area (Å²) in [5.41, 5.74) is 6.33. The predicted octanol–water partition coefficient (Wildman–Crippen LogP) is 1.36. The molecule has 1 aliphatic rings. The molecule has 0 radical (unpaired) electrons. The summed E-state index contributed by atoms with van der Waals surface area (Å²) >= 11 is 0. The third-order valence-corrected chi connectivity index (χ3v) is 4.05. The quantitative estimate of drug-likeness (QED) is 0.336. The van der Waals surface area contributed by atoms with Crippen LogP contribution >= 0.6 is 0 Å². The van der Waals surface area contributed by atoms with Crippen LogP contribution in [0.2, 0.25) is 0 Å². The molecule has 1 unspecified atom stereocenters. The Morgan fingerprint density at radius 2 is 1.95 bits per heavy atom. The van der Waals surface area contributed by atoms with Crippen molar-refractivity contribution in [1.82, 2.24) is 4.90 Å². The van der Waals surface area contributed by atoms with Gasteiger partial charge in [0.1, 0.15) is 5.84 Å². The first-order valence-corrected chi connectivity index (χ1v) is 6.99. The van der Waals surface area contributed by atoms with Crippen LogP contribution in [0.3, 0.4) is 0 Å². The van der Waals surface area contributed by atoms with Crippen LogP contribution in [0.4, 0.5) is 0 Å². The van der Waals surface area contributed by atoms with Crippen molar-refractivity contribution in [1.29, 1.82) is 0 Å². The number of rotatable bonds is 4. The van der Waals surface area contributed by atoms with Crippen LogP contribution in [0.5, 0.6) is 0 Å². The smallest absolute Gasteiger partial charge is 0.147 e. The van der Waals surface area contributed by atoms with Gasteiger partial charge in [0.15, 0.2) is 0 Å². The van der Waals surface area contributed by atoms with Crippen LogP contribution in [-0.4, -0.2) is 46.3 Å². The van der Waals surface area contributed by atoms with Gasteiger partial charge in [0, 0.05) is 19.6 Å². The molecule has 20 heavy (non-hydrogen) atoms. The zero-order chi connectivity index (χ0) is 14.6. The topological polar surface area (TPSA) is 82.1 Å². The highest BCUT2D eigenvalue weighted by Crippen LogP contribution is 2.24. The number of nitrogens with two attached hydrogens (primary N) is 1. The second kappa shape index (κ2) is 6.24. The highest BCUT2D eigenvalue weighted by atomic mass is 16.4. The molecule has 1 fully saturated rings. The van der Waals surface area contributed by atoms with Gasteiger partial charge in [0.2, 0.25) is 0 Å². The standard InChI is InChI=1S/C15H23N3O2/c1-15(19)7-9-18(10-8-15)11-13(14(16)17-20)12-5-3-2-4-6-12/h2-6,13,19-20H,7-11H2,1H3,(H2,16,17). The molecule has 0 spiro atoms. The third-order valence-electron chi connectivity index (χ3n) is 4.05. The fourth-order valence-corrected chi connectivity index (χ4v) is 2.60. The maximum atomic E-state index is 9.98. The van der Waals surface area contributed by atoms with Gasteiger partial charge in [-0.2, -0.15) is 0 Å². The van der Waals surface area contributed by atoms with E-state index in [0.717, 1.165) is 31.5 Å². The number of piperidine rings is 1. The number of hydrogen-bond acceptors (Lipinski definition) is 4. The van der Waals surface area contributed by atoms with E-state index in [9.17, 15) is 5.11 Å². The van der Waals surface area contributed by atoms with Crippen molar-refractivity contribution in [2.75, 3.05) is 19.6 Å². The Bertz CT molecular complexity index is 449. The van der Waals surface area contributed by atoms with Crippen molar-refractivity contribution in [2.24, 2.45) is 10.9 Å². The lowest BCUT2D eigenvalue weighted by atomic mass is 9.91. The van der Waals surface area contributed by atoms with Crippen molar-refractivity contribution in [3.05, 3.63) is 35.9 Å². The molecule has 2 rings (SSSR count). The number of aliphatic hydroxyl groups is 1. The van der Waals surface area contributed by atoms with Crippen LogP contribution in [0.25, 0.3) is 0 Å². The molecule has 1 aliphatic heterocycles. The van der Waals surface area contributed by atoms with Gasteiger partial charge in [-0.3, -0.25) is 0 Å². The first kappa shape index (κ1) is 14.8. The summed E-state index contributed by atoms with van der Waals surface area (Å²) in [4.78, 5) is 2.26. The molecule has 1 atom stereocenters. The van der Waals surface area contributed by atoms with Crippen LogP contribution in [0.15, 0.2) is 35.5 Å². The number of benzene rings is 1. The molecule has 0 bridgehead atoms. The summed E-state index contributed by atoms with van der Waals surface area (Å²) < 4.78 is 0. The second-order valence-corrected chi connectivity index (χ2v) is 5.79. The zero-order valence-corrected chi connectivity index (χ0v) is 11.9. The fraction of sp³-hybridized carbons (Fsp3) is 0.533. The average Bonchev–Trinajstić information content (AvgIpc) is 2.46.